The van der Waals surface area contributed by atoms with Gasteiger partial charge in [-0.05, 0) is 28.3 Å². The molecule has 1 amide bonds. The Morgan fingerprint density at radius 1 is 0.897 bits per heavy atom. The number of carbonyl (C=O) groups is 1. The van der Waals surface area contributed by atoms with Crippen molar-refractivity contribution in [1.82, 2.24) is 20.3 Å². The van der Waals surface area contributed by atoms with Crippen molar-refractivity contribution < 1.29 is 4.79 Å². The van der Waals surface area contributed by atoms with Crippen LogP contribution in [-0.2, 0) is 13.1 Å². The number of aromatic nitrogens is 3. The topological polar surface area (TPSA) is 59.8 Å². The van der Waals surface area contributed by atoms with E-state index in [0.29, 0.717) is 18.1 Å². The number of hydrogen-bond acceptors (Lipinski definition) is 3. The molecule has 0 bridgehead atoms. The van der Waals surface area contributed by atoms with Crippen LogP contribution in [0, 0.1) is 0 Å². The minimum absolute atomic E-state index is 0.265. The molecule has 0 aliphatic heterocycles. The summed E-state index contributed by atoms with van der Waals surface area (Å²) in [7, 11) is 0. The Hall–Kier alpha value is -3.44. The van der Waals surface area contributed by atoms with Crippen LogP contribution >= 0.6 is 11.6 Å². The van der Waals surface area contributed by atoms with Gasteiger partial charge in [0.05, 0.1) is 12.7 Å². The lowest BCUT2D eigenvalue weighted by atomic mass is 10.00. The second-order valence-corrected chi connectivity index (χ2v) is 7.01. The molecule has 1 aromatic heterocycles. The normalized spacial score (nSPS) is 10.7. The molecule has 6 heteroatoms. The van der Waals surface area contributed by atoms with Crippen LogP contribution in [0.5, 0.6) is 0 Å². The number of hydrogen-bond donors (Lipinski definition) is 1. The lowest BCUT2D eigenvalue weighted by Crippen LogP contribution is -2.23. The first-order chi connectivity index (χ1) is 14.2. The maximum Gasteiger partial charge on any atom is 0.273 e. The van der Waals surface area contributed by atoms with Gasteiger partial charge in [-0.3, -0.25) is 4.79 Å². The monoisotopic (exact) mass is 402 g/mol. The number of nitrogens with one attached hydrogen (secondary N) is 1. The Bertz CT molecular complexity index is 1120. The Kier molecular flexibility index (Phi) is 5.68. The van der Waals surface area contributed by atoms with E-state index in [-0.39, 0.29) is 11.6 Å². The fraction of sp³-hybridized carbons (Fsp3) is 0.0870. The van der Waals surface area contributed by atoms with Crippen LogP contribution < -0.4 is 5.32 Å². The summed E-state index contributed by atoms with van der Waals surface area (Å²) < 4.78 is 1.61. The second-order valence-electron chi connectivity index (χ2n) is 6.60. The summed E-state index contributed by atoms with van der Waals surface area (Å²) >= 11 is 6.19. The van der Waals surface area contributed by atoms with Crippen LogP contribution in [0.4, 0.5) is 0 Å². The number of carbonyl (C=O) groups excluding carboxylic acids is 1. The smallest absolute Gasteiger partial charge is 0.273 e. The van der Waals surface area contributed by atoms with Gasteiger partial charge in [0.1, 0.15) is 0 Å². The number of amides is 1. The van der Waals surface area contributed by atoms with Gasteiger partial charge in [0.15, 0.2) is 5.69 Å². The van der Waals surface area contributed by atoms with Gasteiger partial charge in [-0.2, -0.15) is 0 Å². The zero-order valence-corrected chi connectivity index (χ0v) is 16.4. The van der Waals surface area contributed by atoms with Crippen LogP contribution in [0.3, 0.4) is 0 Å². The Morgan fingerprint density at radius 2 is 1.59 bits per heavy atom. The SMILES string of the molecule is O=C(NCc1ccccc1-c1ccccc1)c1cn(Cc2ccccc2Cl)nn1. The Morgan fingerprint density at radius 3 is 2.38 bits per heavy atom. The summed E-state index contributed by atoms with van der Waals surface area (Å²) in [5, 5.41) is 11.6. The first kappa shape index (κ1) is 18.9. The van der Waals surface area contributed by atoms with Gasteiger partial charge in [0, 0.05) is 11.6 Å². The third-order valence-electron chi connectivity index (χ3n) is 4.60. The fourth-order valence-electron chi connectivity index (χ4n) is 3.12. The zero-order chi connectivity index (χ0) is 20.1. The van der Waals surface area contributed by atoms with Gasteiger partial charge in [-0.1, -0.05) is 89.6 Å². The summed E-state index contributed by atoms with van der Waals surface area (Å²) in [6, 6.07) is 25.7. The molecule has 0 spiro atoms. The molecule has 3 aromatic carbocycles. The van der Waals surface area contributed by atoms with E-state index in [4.69, 9.17) is 11.6 Å². The van der Waals surface area contributed by atoms with Gasteiger partial charge in [0.2, 0.25) is 0 Å². The molecule has 5 nitrogen and oxygen atoms in total. The number of rotatable bonds is 6. The molecule has 1 heterocycles. The molecule has 0 saturated heterocycles. The lowest BCUT2D eigenvalue weighted by molar-refractivity contribution is 0.0946. The summed E-state index contributed by atoms with van der Waals surface area (Å²) in [5.41, 5.74) is 4.44. The average Bonchev–Trinajstić information content (AvgIpc) is 3.23. The molecule has 0 saturated carbocycles. The molecule has 0 aliphatic rings. The van der Waals surface area contributed by atoms with Gasteiger partial charge >= 0.3 is 0 Å². The van der Waals surface area contributed by atoms with Crippen molar-refractivity contribution in [2.24, 2.45) is 0 Å². The lowest BCUT2D eigenvalue weighted by Gasteiger charge is -2.10. The molecule has 144 valence electrons. The molecule has 0 radical (unpaired) electrons. The van der Waals surface area contributed by atoms with Gasteiger partial charge in [-0.15, -0.1) is 5.10 Å². The van der Waals surface area contributed by atoms with Crippen LogP contribution in [0.1, 0.15) is 21.6 Å². The van der Waals surface area contributed by atoms with E-state index >= 15 is 0 Å². The molecule has 29 heavy (non-hydrogen) atoms. The molecule has 1 N–H and O–H groups in total. The van der Waals surface area contributed by atoms with E-state index in [1.165, 1.54) is 0 Å². The molecule has 4 aromatic rings. The molecule has 0 aliphatic carbocycles. The first-order valence-corrected chi connectivity index (χ1v) is 9.63. The third-order valence-corrected chi connectivity index (χ3v) is 4.97. The zero-order valence-electron chi connectivity index (χ0n) is 15.6. The number of halogens is 1. The highest BCUT2D eigenvalue weighted by Crippen LogP contribution is 2.23. The standard InChI is InChI=1S/C23H19ClN4O/c24-21-13-7-5-11-19(21)15-28-16-22(26-27-28)23(29)25-14-18-10-4-6-12-20(18)17-8-2-1-3-9-17/h1-13,16H,14-15H2,(H,25,29). The predicted octanol–water partition coefficient (Wildman–Crippen LogP) is 4.58. The van der Waals surface area contributed by atoms with Crippen molar-refractivity contribution in [2.75, 3.05) is 0 Å². The Labute approximate surface area is 174 Å². The van der Waals surface area contributed by atoms with E-state index in [0.717, 1.165) is 22.3 Å². The van der Waals surface area contributed by atoms with Crippen molar-refractivity contribution in [3.63, 3.8) is 0 Å². The van der Waals surface area contributed by atoms with Gasteiger partial charge in [0.25, 0.3) is 5.91 Å². The van der Waals surface area contributed by atoms with Crippen LogP contribution in [0.2, 0.25) is 5.02 Å². The minimum Gasteiger partial charge on any atom is -0.346 e. The molecule has 0 unspecified atom stereocenters. The van der Waals surface area contributed by atoms with E-state index in [2.05, 4.69) is 33.8 Å². The van der Waals surface area contributed by atoms with Gasteiger partial charge < -0.3 is 5.32 Å². The Balaban J connectivity index is 1.44. The van der Waals surface area contributed by atoms with E-state index in [9.17, 15) is 4.79 Å². The van der Waals surface area contributed by atoms with Crippen molar-refractivity contribution in [2.45, 2.75) is 13.1 Å². The van der Waals surface area contributed by atoms with Crippen LogP contribution in [0.25, 0.3) is 11.1 Å². The average molecular weight is 403 g/mol. The molecular formula is C23H19ClN4O. The van der Waals surface area contributed by atoms with Crippen LogP contribution in [-0.4, -0.2) is 20.9 Å². The maximum absolute atomic E-state index is 12.5. The maximum atomic E-state index is 12.5. The van der Waals surface area contributed by atoms with Crippen LogP contribution in [0.15, 0.2) is 85.1 Å². The third kappa shape index (κ3) is 4.52. The van der Waals surface area contributed by atoms with Crippen molar-refractivity contribution in [3.05, 3.63) is 107 Å². The van der Waals surface area contributed by atoms with Gasteiger partial charge in [-0.25, -0.2) is 4.68 Å². The van der Waals surface area contributed by atoms with Crippen molar-refractivity contribution >= 4 is 17.5 Å². The summed E-state index contributed by atoms with van der Waals surface area (Å²) in [4.78, 5) is 12.5. The highest BCUT2D eigenvalue weighted by molar-refractivity contribution is 6.31. The molecule has 4 rings (SSSR count). The largest absolute Gasteiger partial charge is 0.346 e. The summed E-state index contributed by atoms with van der Waals surface area (Å²) in [5.74, 6) is -0.265. The quantitative estimate of drug-likeness (QED) is 0.513. The highest BCUT2D eigenvalue weighted by Gasteiger charge is 2.12. The van der Waals surface area contributed by atoms with E-state index in [1.54, 1.807) is 10.9 Å². The molecule has 0 fully saturated rings. The highest BCUT2D eigenvalue weighted by atomic mass is 35.5. The number of nitrogens with zero attached hydrogens (tertiary/aromatic N) is 3. The minimum atomic E-state index is -0.265. The summed E-state index contributed by atoms with van der Waals surface area (Å²) in [6.45, 7) is 0.859. The number of benzene rings is 3. The van der Waals surface area contributed by atoms with E-state index in [1.807, 2.05) is 60.7 Å². The van der Waals surface area contributed by atoms with Crippen molar-refractivity contribution in [1.29, 1.82) is 0 Å². The molecular weight excluding hydrogens is 384 g/mol. The van der Waals surface area contributed by atoms with E-state index < -0.39 is 0 Å². The predicted molar refractivity (Wildman–Crippen MR) is 114 cm³/mol. The second kappa shape index (κ2) is 8.71. The summed E-state index contributed by atoms with van der Waals surface area (Å²) in [6.07, 6.45) is 1.63. The molecule has 0 atom stereocenters. The fourth-order valence-corrected chi connectivity index (χ4v) is 3.32. The van der Waals surface area contributed by atoms with Crippen molar-refractivity contribution in [3.8, 4) is 11.1 Å². The first-order valence-electron chi connectivity index (χ1n) is 9.26.